The minimum Gasteiger partial charge on any atom is -0.394 e. The summed E-state index contributed by atoms with van der Waals surface area (Å²) in [7, 11) is 0. The molecule has 3 rings (SSSR count). The van der Waals surface area contributed by atoms with Gasteiger partial charge in [0.15, 0.2) is 11.6 Å². The molecule has 1 saturated carbocycles. The first-order valence-corrected chi connectivity index (χ1v) is 10.2. The molecule has 2 atom stereocenters. The van der Waals surface area contributed by atoms with E-state index in [0.717, 1.165) is 18.4 Å². The summed E-state index contributed by atoms with van der Waals surface area (Å²) in [5, 5.41) is 12.2. The summed E-state index contributed by atoms with van der Waals surface area (Å²) in [5.41, 5.74) is 0.836. The minimum absolute atomic E-state index is 0.0395. The molecule has 1 fully saturated rings. The van der Waals surface area contributed by atoms with E-state index in [1.165, 1.54) is 18.2 Å². The highest BCUT2D eigenvalue weighted by Gasteiger charge is 2.47. The maximum atomic E-state index is 13.0. The van der Waals surface area contributed by atoms with Crippen LogP contribution in [-0.4, -0.2) is 41.0 Å². The Morgan fingerprint density at radius 1 is 1.17 bits per heavy atom. The standard InChI is InChI=1S/C24H27NO5/c1-24(10-11-24)22(29)18(12-16-6-3-2-4-7-16)14-21(28)20(15-26)25-23(30)17-8-5-9-19(27)13-17/h2-9,18,20,26H,10-15H2,1H3,(H,25,30)/t18-,20?/m1/s1. The molecule has 1 aromatic rings. The zero-order chi connectivity index (χ0) is 21.7. The molecule has 30 heavy (non-hydrogen) atoms. The highest BCUT2D eigenvalue weighted by Crippen LogP contribution is 2.48. The Bertz CT molecular complexity index is 895. The van der Waals surface area contributed by atoms with Crippen molar-refractivity contribution < 1.29 is 24.3 Å². The third-order valence-corrected chi connectivity index (χ3v) is 5.85. The van der Waals surface area contributed by atoms with Crippen molar-refractivity contribution in [2.45, 2.75) is 45.1 Å². The summed E-state index contributed by atoms with van der Waals surface area (Å²) in [6.45, 7) is 1.36. The number of aliphatic hydroxyl groups excluding tert-OH is 1. The fraction of sp³-hybridized carbons (Fsp3) is 0.417. The number of amides is 1. The third-order valence-electron chi connectivity index (χ3n) is 5.85. The van der Waals surface area contributed by atoms with Crippen molar-refractivity contribution in [1.29, 1.82) is 0 Å². The Labute approximate surface area is 176 Å². The first-order chi connectivity index (χ1) is 14.3. The number of aliphatic hydroxyl groups is 1. The van der Waals surface area contributed by atoms with E-state index in [-0.39, 0.29) is 41.2 Å². The molecule has 1 unspecified atom stereocenters. The maximum Gasteiger partial charge on any atom is 0.248 e. The lowest BCUT2D eigenvalue weighted by molar-refractivity contribution is -0.133. The smallest absolute Gasteiger partial charge is 0.248 e. The average molecular weight is 409 g/mol. The normalized spacial score (nSPS) is 18.9. The second-order valence-electron chi connectivity index (χ2n) is 8.38. The van der Waals surface area contributed by atoms with Gasteiger partial charge in [-0.25, -0.2) is 0 Å². The largest absolute Gasteiger partial charge is 0.394 e. The van der Waals surface area contributed by atoms with Crippen molar-refractivity contribution in [3.63, 3.8) is 0 Å². The van der Waals surface area contributed by atoms with E-state index < -0.39 is 24.5 Å². The van der Waals surface area contributed by atoms with Crippen LogP contribution in [0.1, 0.15) is 38.2 Å². The van der Waals surface area contributed by atoms with E-state index in [4.69, 9.17) is 0 Å². The van der Waals surface area contributed by atoms with Gasteiger partial charge in [-0.3, -0.25) is 19.2 Å². The van der Waals surface area contributed by atoms with Crippen molar-refractivity contribution >= 4 is 23.3 Å². The van der Waals surface area contributed by atoms with Crippen LogP contribution in [0.5, 0.6) is 0 Å². The van der Waals surface area contributed by atoms with E-state index in [2.05, 4.69) is 5.32 Å². The second kappa shape index (κ2) is 9.30. The number of carbonyl (C=O) groups is 4. The van der Waals surface area contributed by atoms with Crippen LogP contribution in [-0.2, 0) is 25.6 Å². The lowest BCUT2D eigenvalue weighted by Crippen LogP contribution is -2.45. The second-order valence-corrected chi connectivity index (χ2v) is 8.38. The summed E-state index contributed by atoms with van der Waals surface area (Å²) < 4.78 is 0. The van der Waals surface area contributed by atoms with Crippen LogP contribution in [0, 0.1) is 11.3 Å². The van der Waals surface area contributed by atoms with Gasteiger partial charge in [-0.15, -0.1) is 0 Å². The van der Waals surface area contributed by atoms with Crippen molar-refractivity contribution in [2.24, 2.45) is 11.3 Å². The molecule has 6 heteroatoms. The zero-order valence-electron chi connectivity index (χ0n) is 17.1. The van der Waals surface area contributed by atoms with Crippen LogP contribution in [0.15, 0.2) is 54.1 Å². The van der Waals surface area contributed by atoms with Crippen LogP contribution in [0.3, 0.4) is 0 Å². The Kier molecular flexibility index (Phi) is 6.77. The van der Waals surface area contributed by atoms with Crippen LogP contribution in [0.4, 0.5) is 0 Å². The number of benzene rings is 1. The molecular formula is C24H27NO5. The summed E-state index contributed by atoms with van der Waals surface area (Å²) in [4.78, 5) is 49.8. The number of carbonyl (C=O) groups excluding carboxylic acids is 4. The predicted molar refractivity (Wildman–Crippen MR) is 111 cm³/mol. The van der Waals surface area contributed by atoms with Gasteiger partial charge in [-0.2, -0.15) is 0 Å². The number of allylic oxidation sites excluding steroid dienone is 3. The van der Waals surface area contributed by atoms with E-state index in [9.17, 15) is 24.3 Å². The highest BCUT2D eigenvalue weighted by molar-refractivity contribution is 6.05. The lowest BCUT2D eigenvalue weighted by atomic mass is 9.83. The molecule has 0 heterocycles. The first kappa shape index (κ1) is 21.8. The van der Waals surface area contributed by atoms with E-state index in [1.54, 1.807) is 0 Å². The monoisotopic (exact) mass is 409 g/mol. The van der Waals surface area contributed by atoms with Crippen LogP contribution in [0.2, 0.25) is 0 Å². The minimum atomic E-state index is -1.11. The quantitative estimate of drug-likeness (QED) is 0.616. The number of Topliss-reactive ketones (excluding diaryl/α,β-unsaturated/α-hetero) is 2. The van der Waals surface area contributed by atoms with Crippen molar-refractivity contribution in [3.05, 3.63) is 59.7 Å². The molecule has 0 saturated heterocycles. The van der Waals surface area contributed by atoms with E-state index in [0.29, 0.717) is 6.42 Å². The van der Waals surface area contributed by atoms with Gasteiger partial charge in [0.05, 0.1) is 6.61 Å². The molecule has 2 aliphatic rings. The molecule has 1 amide bonds. The molecule has 0 radical (unpaired) electrons. The van der Waals surface area contributed by atoms with Gasteiger partial charge in [0.1, 0.15) is 11.8 Å². The molecule has 0 aliphatic heterocycles. The number of hydrogen-bond acceptors (Lipinski definition) is 5. The molecule has 2 aliphatic carbocycles. The molecular weight excluding hydrogens is 382 g/mol. The molecule has 0 spiro atoms. The Hall–Kier alpha value is -2.86. The lowest BCUT2D eigenvalue weighted by Gasteiger charge is -2.22. The molecule has 6 nitrogen and oxygen atoms in total. The van der Waals surface area contributed by atoms with Crippen LogP contribution < -0.4 is 5.32 Å². The first-order valence-electron chi connectivity index (χ1n) is 10.2. The maximum absolute atomic E-state index is 13.0. The Morgan fingerprint density at radius 3 is 2.47 bits per heavy atom. The van der Waals surface area contributed by atoms with Crippen molar-refractivity contribution in [3.8, 4) is 0 Å². The van der Waals surface area contributed by atoms with Gasteiger partial charge in [-0.1, -0.05) is 49.4 Å². The van der Waals surface area contributed by atoms with Crippen molar-refractivity contribution in [1.82, 2.24) is 5.32 Å². The SMILES string of the molecule is CC1(C(=O)[C@@H](CC(=O)C(CO)NC(=O)C2=CC=CC(=O)C2)Cc2ccccc2)CC1. The predicted octanol–water partition coefficient (Wildman–Crippen LogP) is 2.11. The van der Waals surface area contributed by atoms with Gasteiger partial charge < -0.3 is 10.4 Å². The molecule has 0 aromatic heterocycles. The Balaban J connectivity index is 1.69. The van der Waals surface area contributed by atoms with E-state index in [1.807, 2.05) is 37.3 Å². The summed E-state index contributed by atoms with van der Waals surface area (Å²) >= 11 is 0. The average Bonchev–Trinajstić information content (AvgIpc) is 3.50. The summed E-state index contributed by atoms with van der Waals surface area (Å²) in [6.07, 6.45) is 6.38. The highest BCUT2D eigenvalue weighted by atomic mass is 16.3. The Morgan fingerprint density at radius 2 is 1.87 bits per heavy atom. The van der Waals surface area contributed by atoms with Gasteiger partial charge in [0.2, 0.25) is 5.91 Å². The van der Waals surface area contributed by atoms with Crippen LogP contribution >= 0.6 is 0 Å². The van der Waals surface area contributed by atoms with Gasteiger partial charge in [-0.05, 0) is 30.9 Å². The van der Waals surface area contributed by atoms with Gasteiger partial charge >= 0.3 is 0 Å². The fourth-order valence-electron chi connectivity index (χ4n) is 3.68. The molecule has 158 valence electrons. The van der Waals surface area contributed by atoms with Gasteiger partial charge in [0.25, 0.3) is 0 Å². The summed E-state index contributed by atoms with van der Waals surface area (Å²) in [6, 6.07) is 8.41. The topological polar surface area (TPSA) is 101 Å². The molecule has 1 aromatic carbocycles. The number of rotatable bonds is 10. The van der Waals surface area contributed by atoms with Crippen molar-refractivity contribution in [2.75, 3.05) is 6.61 Å². The number of nitrogens with one attached hydrogen (secondary N) is 1. The fourth-order valence-corrected chi connectivity index (χ4v) is 3.68. The third kappa shape index (κ3) is 5.39. The summed E-state index contributed by atoms with van der Waals surface area (Å²) in [5.74, 6) is -1.58. The molecule has 0 bridgehead atoms. The number of hydrogen-bond donors (Lipinski definition) is 2. The van der Waals surface area contributed by atoms with Gasteiger partial charge in [0, 0.05) is 29.7 Å². The van der Waals surface area contributed by atoms with E-state index >= 15 is 0 Å². The molecule has 2 N–H and O–H groups in total. The zero-order valence-corrected chi connectivity index (χ0v) is 17.1. The number of ketones is 3. The van der Waals surface area contributed by atoms with Crippen LogP contribution in [0.25, 0.3) is 0 Å².